The van der Waals surface area contributed by atoms with Gasteiger partial charge in [-0.3, -0.25) is 0 Å². The second kappa shape index (κ2) is 12.3. The first-order chi connectivity index (χ1) is 26.4. The molecule has 4 aromatic carbocycles. The van der Waals surface area contributed by atoms with Crippen LogP contribution in [0.4, 0.5) is 0 Å². The van der Waals surface area contributed by atoms with Gasteiger partial charge in [-0.15, -0.1) is 0 Å². The third-order valence-electron chi connectivity index (χ3n) is 15.9. The van der Waals surface area contributed by atoms with E-state index < -0.39 is 0 Å². The molecule has 56 heavy (non-hydrogen) atoms. The largest absolute Gasteiger partial charge is 0.0501 e. The van der Waals surface area contributed by atoms with Gasteiger partial charge in [0.25, 0.3) is 0 Å². The van der Waals surface area contributed by atoms with Gasteiger partial charge in [0.05, 0.1) is 0 Å². The van der Waals surface area contributed by atoms with Crippen molar-refractivity contribution in [1.82, 2.24) is 0 Å². The summed E-state index contributed by atoms with van der Waals surface area (Å²) in [6.45, 7) is 37.5. The highest BCUT2D eigenvalue weighted by atomic mass is 14.4. The molecule has 5 aliphatic carbocycles. The third-order valence-corrected chi connectivity index (χ3v) is 15.9. The highest BCUT2D eigenvalue weighted by molar-refractivity contribution is 6.11. The molecule has 0 unspecified atom stereocenters. The number of fused-ring (bicyclic) bond motifs is 16. The van der Waals surface area contributed by atoms with Crippen LogP contribution in [0.2, 0.25) is 0 Å². The van der Waals surface area contributed by atoms with E-state index in [1.807, 2.05) is 0 Å². The Morgan fingerprint density at radius 2 is 0.482 bits per heavy atom. The van der Waals surface area contributed by atoms with E-state index in [1.54, 1.807) is 0 Å². The summed E-state index contributed by atoms with van der Waals surface area (Å²) in [6, 6.07) is 0. The maximum Gasteiger partial charge on any atom is -0.00128 e. The first kappa shape index (κ1) is 36.7. The second-order valence-corrected chi connectivity index (χ2v) is 18.1. The molecule has 0 amide bonds. The van der Waals surface area contributed by atoms with Gasteiger partial charge in [-0.25, -0.2) is 0 Å². The Kier molecular flexibility index (Phi) is 8.04. The maximum absolute atomic E-state index is 2.59. The molecule has 5 aliphatic rings. The highest BCUT2D eigenvalue weighted by Crippen LogP contribution is 2.52. The van der Waals surface area contributed by atoms with Crippen LogP contribution >= 0.6 is 0 Å². The van der Waals surface area contributed by atoms with Crippen LogP contribution in [0.3, 0.4) is 0 Å². The molecular weight excluding hydrogens is 673 g/mol. The molecule has 282 valence electrons. The van der Waals surface area contributed by atoms with Gasteiger partial charge in [0, 0.05) is 0 Å². The third kappa shape index (κ3) is 4.71. The monoisotopic (exact) mass is 730 g/mol. The molecule has 0 aliphatic heterocycles. The summed E-state index contributed by atoms with van der Waals surface area (Å²) in [4.78, 5) is 0. The topological polar surface area (TPSA) is 0 Å². The average Bonchev–Trinajstić information content (AvgIpc) is 3.92. The average molecular weight is 731 g/mol. The van der Waals surface area contributed by atoms with E-state index in [0.29, 0.717) is 0 Å². The van der Waals surface area contributed by atoms with Crippen LogP contribution < -0.4 is 10.4 Å². The van der Waals surface area contributed by atoms with Gasteiger partial charge in [-0.1, -0.05) is 24.3 Å². The zero-order valence-corrected chi connectivity index (χ0v) is 36.9. The van der Waals surface area contributed by atoms with Crippen molar-refractivity contribution in [1.29, 1.82) is 0 Å². The summed E-state index contributed by atoms with van der Waals surface area (Å²) in [6.07, 6.45) is 17.3. The summed E-state index contributed by atoms with van der Waals surface area (Å²) in [5.41, 5.74) is 42.6. The standard InChI is InChI=1S/C56H58/c1-25-26(2)34(10)50-42-17-41(49(50)33(25)9)21-43-18-45(53-37(13)28(4)27(3)35(11)51(43)53)23-47-20-48(56-40(16)32(8)31(7)39(15)55(47)56)24-46-19-44(22-42)52-36(12)29(5)30(6)38(14)54(46)52/h17,20-24H,18-19H2,1-16H3. The zero-order chi connectivity index (χ0) is 40.1. The second-order valence-electron chi connectivity index (χ2n) is 18.1. The van der Waals surface area contributed by atoms with Gasteiger partial charge in [0.15, 0.2) is 0 Å². The predicted octanol–water partition coefficient (Wildman–Crippen LogP) is 13.2. The van der Waals surface area contributed by atoms with Crippen molar-refractivity contribution in [3.8, 4) is 0 Å². The Hall–Kier alpha value is -4.94. The fraction of sp³-hybridized carbons (Fsp3) is 0.321. The van der Waals surface area contributed by atoms with Crippen molar-refractivity contribution in [3.05, 3.63) is 169 Å². The van der Waals surface area contributed by atoms with Crippen molar-refractivity contribution < 1.29 is 0 Å². The van der Waals surface area contributed by atoms with Gasteiger partial charge in [-0.05, 0) is 313 Å². The van der Waals surface area contributed by atoms with Crippen molar-refractivity contribution >= 4 is 44.6 Å². The normalized spacial score (nSPS) is 16.3. The molecule has 0 spiro atoms. The Morgan fingerprint density at radius 3 is 0.786 bits per heavy atom. The minimum atomic E-state index is 0.931. The molecule has 0 fully saturated rings. The number of hydrogen-bond acceptors (Lipinski definition) is 0. The number of hydrogen-bond donors (Lipinski definition) is 0. The Bertz CT molecular complexity index is 2760. The minimum Gasteiger partial charge on any atom is -0.0501 e. The van der Waals surface area contributed by atoms with Gasteiger partial charge >= 0.3 is 0 Å². The van der Waals surface area contributed by atoms with Crippen LogP contribution in [0.15, 0.2) is 36.5 Å². The first-order valence-electron chi connectivity index (χ1n) is 20.9. The van der Waals surface area contributed by atoms with Crippen molar-refractivity contribution in [2.45, 2.75) is 124 Å². The van der Waals surface area contributed by atoms with Crippen molar-refractivity contribution in [2.24, 2.45) is 0 Å². The molecule has 8 bridgehead atoms. The van der Waals surface area contributed by atoms with E-state index in [-0.39, 0.29) is 0 Å². The summed E-state index contributed by atoms with van der Waals surface area (Å²) in [5, 5.41) is 2.91. The van der Waals surface area contributed by atoms with E-state index >= 15 is 0 Å². The lowest BCUT2D eigenvalue weighted by atomic mass is 9.85. The quantitative estimate of drug-likeness (QED) is 0.169. The lowest BCUT2D eigenvalue weighted by molar-refractivity contribution is 1.17. The van der Waals surface area contributed by atoms with E-state index in [1.165, 1.54) is 177 Å². The molecule has 0 saturated heterocycles. The van der Waals surface area contributed by atoms with Crippen LogP contribution in [0.25, 0.3) is 44.6 Å². The lowest BCUT2D eigenvalue weighted by Crippen LogP contribution is -2.32. The molecule has 0 nitrogen and oxygen atoms in total. The van der Waals surface area contributed by atoms with E-state index in [0.717, 1.165) is 12.8 Å². The zero-order valence-electron chi connectivity index (χ0n) is 36.9. The summed E-state index contributed by atoms with van der Waals surface area (Å²) >= 11 is 0. The molecule has 9 rings (SSSR count). The molecule has 0 heterocycles. The van der Waals surface area contributed by atoms with E-state index in [4.69, 9.17) is 0 Å². The Morgan fingerprint density at radius 1 is 0.232 bits per heavy atom. The fourth-order valence-electron chi connectivity index (χ4n) is 11.4. The molecule has 0 saturated carbocycles. The molecule has 0 N–H and O–H groups in total. The fourth-order valence-corrected chi connectivity index (χ4v) is 11.4. The van der Waals surface area contributed by atoms with Crippen LogP contribution in [0, 0.1) is 111 Å². The first-order valence-corrected chi connectivity index (χ1v) is 20.9. The van der Waals surface area contributed by atoms with Gasteiger partial charge in [-0.2, -0.15) is 0 Å². The molecule has 0 radical (unpaired) electrons. The number of benzene rings is 4. The van der Waals surface area contributed by atoms with Crippen LogP contribution in [-0.2, 0) is 0 Å². The van der Waals surface area contributed by atoms with Crippen LogP contribution in [-0.4, -0.2) is 0 Å². The number of rotatable bonds is 0. The predicted molar refractivity (Wildman–Crippen MR) is 245 cm³/mol. The Labute approximate surface area is 336 Å². The van der Waals surface area contributed by atoms with E-state index in [9.17, 15) is 0 Å². The van der Waals surface area contributed by atoms with Crippen LogP contribution in [0.1, 0.15) is 135 Å². The molecule has 0 heteroatoms. The van der Waals surface area contributed by atoms with E-state index in [2.05, 4.69) is 147 Å². The van der Waals surface area contributed by atoms with Crippen LogP contribution in [0.5, 0.6) is 0 Å². The smallest absolute Gasteiger partial charge is 0.00128 e. The lowest BCUT2D eigenvalue weighted by Gasteiger charge is -2.19. The summed E-state index contributed by atoms with van der Waals surface area (Å²) in [7, 11) is 0. The Balaban J connectivity index is 1.49. The summed E-state index contributed by atoms with van der Waals surface area (Å²) < 4.78 is 0. The maximum atomic E-state index is 2.59. The van der Waals surface area contributed by atoms with Gasteiger partial charge < -0.3 is 0 Å². The highest BCUT2D eigenvalue weighted by Gasteiger charge is 2.33. The number of allylic oxidation sites excluding steroid dienone is 12. The molecule has 0 aromatic heterocycles. The molecule has 4 aromatic rings. The van der Waals surface area contributed by atoms with Gasteiger partial charge in [0.1, 0.15) is 0 Å². The van der Waals surface area contributed by atoms with Crippen molar-refractivity contribution in [3.63, 3.8) is 0 Å². The SMILES string of the molecule is Cc1c(C)c(C)c2c(c1C)C1=CC2=CC2=c3c(C)c(C)c(C)c(C)c3=C(C=C3C=C(C=C4CC(=C1)c1c(C)c(C)c(C)c(C)c14)c1c(C)c(C)c(C)c(C)c13)C2. The summed E-state index contributed by atoms with van der Waals surface area (Å²) in [5.74, 6) is 0. The molecular formula is C56H58. The minimum absolute atomic E-state index is 0.931. The van der Waals surface area contributed by atoms with Crippen molar-refractivity contribution in [2.75, 3.05) is 0 Å². The molecule has 0 atom stereocenters. The van der Waals surface area contributed by atoms with Gasteiger partial charge in [0.2, 0.25) is 0 Å².